The SMILES string of the molecule is O=C(O)C1CCc2nc(-c3ccccc3)ncc21. The van der Waals surface area contributed by atoms with Gasteiger partial charge in [-0.25, -0.2) is 9.97 Å². The Morgan fingerprint density at radius 1 is 1.28 bits per heavy atom. The summed E-state index contributed by atoms with van der Waals surface area (Å²) in [6.07, 6.45) is 3.00. The molecular weight excluding hydrogens is 228 g/mol. The molecule has 2 aromatic rings. The van der Waals surface area contributed by atoms with Gasteiger partial charge in [-0.05, 0) is 12.8 Å². The summed E-state index contributed by atoms with van der Waals surface area (Å²) in [4.78, 5) is 19.8. The van der Waals surface area contributed by atoms with Crippen LogP contribution < -0.4 is 0 Å². The Labute approximate surface area is 104 Å². The van der Waals surface area contributed by atoms with E-state index in [1.54, 1.807) is 6.20 Å². The minimum Gasteiger partial charge on any atom is -0.481 e. The first-order valence-electron chi connectivity index (χ1n) is 5.90. The van der Waals surface area contributed by atoms with Gasteiger partial charge in [-0.1, -0.05) is 30.3 Å². The lowest BCUT2D eigenvalue weighted by Crippen LogP contribution is -2.08. The second-order valence-electron chi connectivity index (χ2n) is 4.39. The van der Waals surface area contributed by atoms with Gasteiger partial charge in [0.15, 0.2) is 5.82 Å². The predicted octanol–water partition coefficient (Wildman–Crippen LogP) is 2.26. The monoisotopic (exact) mass is 240 g/mol. The van der Waals surface area contributed by atoms with E-state index < -0.39 is 11.9 Å². The molecule has 1 N–H and O–H groups in total. The highest BCUT2D eigenvalue weighted by Crippen LogP contribution is 2.32. The third-order valence-electron chi connectivity index (χ3n) is 3.28. The van der Waals surface area contributed by atoms with E-state index in [4.69, 9.17) is 5.11 Å². The normalized spacial score (nSPS) is 17.4. The van der Waals surface area contributed by atoms with Crippen LogP contribution in [0.3, 0.4) is 0 Å². The Balaban J connectivity index is 2.01. The van der Waals surface area contributed by atoms with E-state index in [9.17, 15) is 4.79 Å². The maximum Gasteiger partial charge on any atom is 0.311 e. The molecule has 4 heteroatoms. The van der Waals surface area contributed by atoms with Crippen LogP contribution in [-0.2, 0) is 11.2 Å². The average Bonchev–Trinajstić information content (AvgIpc) is 2.82. The molecule has 0 fully saturated rings. The number of hydrogen-bond acceptors (Lipinski definition) is 3. The summed E-state index contributed by atoms with van der Waals surface area (Å²) >= 11 is 0. The van der Waals surface area contributed by atoms with Gasteiger partial charge in [0.05, 0.1) is 5.92 Å². The Morgan fingerprint density at radius 3 is 2.78 bits per heavy atom. The largest absolute Gasteiger partial charge is 0.481 e. The number of rotatable bonds is 2. The van der Waals surface area contributed by atoms with Crippen LogP contribution in [0.15, 0.2) is 36.5 Å². The van der Waals surface area contributed by atoms with Gasteiger partial charge >= 0.3 is 5.97 Å². The molecule has 1 aromatic carbocycles. The van der Waals surface area contributed by atoms with E-state index in [2.05, 4.69) is 9.97 Å². The van der Waals surface area contributed by atoms with E-state index in [0.29, 0.717) is 18.7 Å². The summed E-state index contributed by atoms with van der Waals surface area (Å²) in [5.41, 5.74) is 2.59. The molecular formula is C14H12N2O2. The number of aryl methyl sites for hydroxylation is 1. The second-order valence-corrected chi connectivity index (χ2v) is 4.39. The molecule has 1 aromatic heterocycles. The summed E-state index contributed by atoms with van der Waals surface area (Å²) in [6, 6.07) is 9.71. The van der Waals surface area contributed by atoms with Gasteiger partial charge in [0.2, 0.25) is 0 Å². The summed E-state index contributed by atoms with van der Waals surface area (Å²) < 4.78 is 0. The third-order valence-corrected chi connectivity index (χ3v) is 3.28. The minimum atomic E-state index is -0.787. The molecule has 0 saturated heterocycles. The number of carboxylic acid groups (broad SMARTS) is 1. The summed E-state index contributed by atoms with van der Waals surface area (Å²) in [5, 5.41) is 9.09. The maximum atomic E-state index is 11.1. The molecule has 1 atom stereocenters. The smallest absolute Gasteiger partial charge is 0.311 e. The lowest BCUT2D eigenvalue weighted by molar-refractivity contribution is -0.138. The van der Waals surface area contributed by atoms with Crippen LogP contribution in [0.1, 0.15) is 23.6 Å². The fourth-order valence-corrected chi connectivity index (χ4v) is 2.34. The van der Waals surface area contributed by atoms with Gasteiger partial charge < -0.3 is 5.11 Å². The van der Waals surface area contributed by atoms with Crippen LogP contribution in [0.4, 0.5) is 0 Å². The van der Waals surface area contributed by atoms with Gasteiger partial charge in [0.1, 0.15) is 0 Å². The van der Waals surface area contributed by atoms with Crippen molar-refractivity contribution in [2.45, 2.75) is 18.8 Å². The average molecular weight is 240 g/mol. The molecule has 0 spiro atoms. The topological polar surface area (TPSA) is 63.1 Å². The van der Waals surface area contributed by atoms with Crippen molar-refractivity contribution < 1.29 is 9.90 Å². The Hall–Kier alpha value is -2.23. The number of nitrogens with zero attached hydrogens (tertiary/aromatic N) is 2. The zero-order valence-electron chi connectivity index (χ0n) is 9.71. The third kappa shape index (κ3) is 1.76. The zero-order valence-corrected chi connectivity index (χ0v) is 9.71. The fourth-order valence-electron chi connectivity index (χ4n) is 2.34. The van der Waals surface area contributed by atoms with Crippen LogP contribution >= 0.6 is 0 Å². The molecule has 0 saturated carbocycles. The molecule has 90 valence electrons. The molecule has 0 radical (unpaired) electrons. The highest BCUT2D eigenvalue weighted by Gasteiger charge is 2.30. The molecule has 4 nitrogen and oxygen atoms in total. The molecule has 1 unspecified atom stereocenters. The van der Waals surface area contributed by atoms with Crippen LogP contribution in [0, 0.1) is 0 Å². The van der Waals surface area contributed by atoms with E-state index in [-0.39, 0.29) is 0 Å². The Kier molecular flexibility index (Phi) is 2.55. The lowest BCUT2D eigenvalue weighted by Gasteiger charge is -2.06. The first kappa shape index (κ1) is 10.9. The Bertz CT molecular complexity index is 596. The van der Waals surface area contributed by atoms with Gasteiger partial charge in [-0.15, -0.1) is 0 Å². The van der Waals surface area contributed by atoms with Gasteiger partial charge in [-0.2, -0.15) is 0 Å². The van der Waals surface area contributed by atoms with Crippen molar-refractivity contribution in [3.63, 3.8) is 0 Å². The summed E-state index contributed by atoms with van der Waals surface area (Å²) in [6.45, 7) is 0. The fraction of sp³-hybridized carbons (Fsp3) is 0.214. The van der Waals surface area contributed by atoms with Crippen molar-refractivity contribution in [1.82, 2.24) is 9.97 Å². The second kappa shape index (κ2) is 4.22. The van der Waals surface area contributed by atoms with Crippen molar-refractivity contribution in [3.8, 4) is 11.4 Å². The van der Waals surface area contributed by atoms with Gasteiger partial charge in [-0.3, -0.25) is 4.79 Å². The standard InChI is InChI=1S/C14H12N2O2/c17-14(18)10-6-7-12-11(10)8-15-13(16-12)9-4-2-1-3-5-9/h1-5,8,10H,6-7H2,(H,17,18). The summed E-state index contributed by atoms with van der Waals surface area (Å²) in [5.74, 6) is -0.560. The number of fused-ring (bicyclic) bond motifs is 1. The Morgan fingerprint density at radius 2 is 2.06 bits per heavy atom. The molecule has 0 aliphatic heterocycles. The molecule has 1 aliphatic rings. The van der Waals surface area contributed by atoms with E-state index in [1.807, 2.05) is 30.3 Å². The van der Waals surface area contributed by atoms with Gasteiger partial charge in [0, 0.05) is 23.0 Å². The highest BCUT2D eigenvalue weighted by atomic mass is 16.4. The van der Waals surface area contributed by atoms with Crippen molar-refractivity contribution in [2.75, 3.05) is 0 Å². The van der Waals surface area contributed by atoms with Crippen molar-refractivity contribution in [3.05, 3.63) is 47.8 Å². The van der Waals surface area contributed by atoms with Crippen molar-refractivity contribution >= 4 is 5.97 Å². The maximum absolute atomic E-state index is 11.1. The first-order chi connectivity index (χ1) is 8.75. The van der Waals surface area contributed by atoms with Crippen LogP contribution in [0.5, 0.6) is 0 Å². The molecule has 1 aliphatic carbocycles. The first-order valence-corrected chi connectivity index (χ1v) is 5.90. The zero-order chi connectivity index (χ0) is 12.5. The molecule has 1 heterocycles. The number of hydrogen-bond donors (Lipinski definition) is 1. The van der Waals surface area contributed by atoms with Crippen molar-refractivity contribution in [1.29, 1.82) is 0 Å². The summed E-state index contributed by atoms with van der Waals surface area (Å²) in [7, 11) is 0. The minimum absolute atomic E-state index is 0.440. The van der Waals surface area contributed by atoms with Crippen LogP contribution in [0.2, 0.25) is 0 Å². The number of aliphatic carboxylic acids is 1. The predicted molar refractivity (Wildman–Crippen MR) is 66.2 cm³/mol. The number of benzene rings is 1. The molecule has 3 rings (SSSR count). The van der Waals surface area contributed by atoms with Crippen molar-refractivity contribution in [2.24, 2.45) is 0 Å². The molecule has 18 heavy (non-hydrogen) atoms. The number of aromatic nitrogens is 2. The van der Waals surface area contributed by atoms with Crippen LogP contribution in [0.25, 0.3) is 11.4 Å². The number of carboxylic acids is 1. The van der Waals surface area contributed by atoms with E-state index in [0.717, 1.165) is 16.8 Å². The van der Waals surface area contributed by atoms with E-state index >= 15 is 0 Å². The van der Waals surface area contributed by atoms with Crippen LogP contribution in [-0.4, -0.2) is 21.0 Å². The van der Waals surface area contributed by atoms with E-state index in [1.165, 1.54) is 0 Å². The molecule has 0 bridgehead atoms. The quantitative estimate of drug-likeness (QED) is 0.874. The van der Waals surface area contributed by atoms with Gasteiger partial charge in [0.25, 0.3) is 0 Å². The highest BCUT2D eigenvalue weighted by molar-refractivity contribution is 5.77. The number of carbonyl (C=O) groups is 1. The molecule has 0 amide bonds. The lowest BCUT2D eigenvalue weighted by atomic mass is 10.1.